The number of ether oxygens (including phenoxy) is 1. The molecule has 0 saturated heterocycles. The fraction of sp³-hybridized carbons (Fsp3) is 0.200. The van der Waals surface area contributed by atoms with Gasteiger partial charge in [0.2, 0.25) is 0 Å². The molecular formula is C20H17F3O2. The van der Waals surface area contributed by atoms with Crippen molar-refractivity contribution in [3.63, 3.8) is 0 Å². The molecule has 3 rings (SSSR count). The number of halogens is 3. The minimum absolute atomic E-state index is 0.199. The first-order valence-corrected chi connectivity index (χ1v) is 7.91. The first-order chi connectivity index (χ1) is 11.9. The van der Waals surface area contributed by atoms with Crippen LogP contribution in [0.4, 0.5) is 13.2 Å². The second-order valence-electron chi connectivity index (χ2n) is 5.75. The Hall–Kier alpha value is -2.53. The summed E-state index contributed by atoms with van der Waals surface area (Å²) in [4.78, 5) is 0. The van der Waals surface area contributed by atoms with E-state index in [0.29, 0.717) is 5.75 Å². The molecule has 2 nitrogen and oxygen atoms in total. The Balaban J connectivity index is 1.66. The van der Waals surface area contributed by atoms with Gasteiger partial charge in [-0.15, -0.1) is 0 Å². The maximum Gasteiger partial charge on any atom is 0.416 e. The van der Waals surface area contributed by atoms with Crippen LogP contribution in [0, 0.1) is 0 Å². The van der Waals surface area contributed by atoms with E-state index in [1.807, 2.05) is 42.5 Å². The van der Waals surface area contributed by atoms with Gasteiger partial charge in [-0.25, -0.2) is 0 Å². The highest BCUT2D eigenvalue weighted by molar-refractivity contribution is 5.88. The number of hydrogen-bond donors (Lipinski definition) is 1. The van der Waals surface area contributed by atoms with Crippen LogP contribution < -0.4 is 4.74 Å². The van der Waals surface area contributed by atoms with Gasteiger partial charge in [0.15, 0.2) is 0 Å². The van der Waals surface area contributed by atoms with Crippen LogP contribution in [0.25, 0.3) is 10.8 Å². The molecule has 1 N–H and O–H groups in total. The molecule has 0 amide bonds. The third-order valence-corrected chi connectivity index (χ3v) is 4.00. The average Bonchev–Trinajstić information content (AvgIpc) is 2.61. The van der Waals surface area contributed by atoms with Crippen molar-refractivity contribution in [1.82, 2.24) is 0 Å². The van der Waals surface area contributed by atoms with Gasteiger partial charge in [0.25, 0.3) is 0 Å². The molecule has 0 aliphatic heterocycles. The van der Waals surface area contributed by atoms with Crippen LogP contribution in [0.2, 0.25) is 0 Å². The monoisotopic (exact) mass is 346 g/mol. The number of rotatable bonds is 5. The van der Waals surface area contributed by atoms with Crippen LogP contribution in [-0.2, 0) is 6.18 Å². The maximum atomic E-state index is 12.7. The lowest BCUT2D eigenvalue weighted by Gasteiger charge is -2.15. The average molecular weight is 346 g/mol. The molecule has 0 aliphatic carbocycles. The number of alkyl halides is 3. The van der Waals surface area contributed by atoms with Gasteiger partial charge in [-0.05, 0) is 29.1 Å². The van der Waals surface area contributed by atoms with Gasteiger partial charge in [0.1, 0.15) is 5.75 Å². The van der Waals surface area contributed by atoms with E-state index in [-0.39, 0.29) is 18.6 Å². The molecule has 0 bridgehead atoms. The van der Waals surface area contributed by atoms with Crippen LogP contribution in [-0.4, -0.2) is 11.7 Å². The van der Waals surface area contributed by atoms with E-state index in [2.05, 4.69) is 0 Å². The minimum atomic E-state index is -4.42. The molecule has 5 heteroatoms. The van der Waals surface area contributed by atoms with Gasteiger partial charge in [-0.1, -0.05) is 48.5 Å². The Morgan fingerprint density at radius 3 is 2.44 bits per heavy atom. The van der Waals surface area contributed by atoms with Gasteiger partial charge in [-0.3, -0.25) is 0 Å². The van der Waals surface area contributed by atoms with E-state index in [1.165, 1.54) is 12.1 Å². The predicted molar refractivity (Wildman–Crippen MR) is 90.5 cm³/mol. The molecule has 3 aromatic rings. The molecule has 0 heterocycles. The molecule has 1 atom stereocenters. The van der Waals surface area contributed by atoms with Crippen molar-refractivity contribution in [2.45, 2.75) is 18.7 Å². The molecule has 0 aromatic heterocycles. The summed E-state index contributed by atoms with van der Waals surface area (Å²) < 4.78 is 44.0. The topological polar surface area (TPSA) is 29.5 Å². The highest BCUT2D eigenvalue weighted by Gasteiger charge is 2.30. The van der Waals surface area contributed by atoms with E-state index in [1.54, 1.807) is 0 Å². The lowest BCUT2D eigenvalue weighted by molar-refractivity contribution is -0.137. The van der Waals surface area contributed by atoms with Crippen molar-refractivity contribution in [3.05, 3.63) is 77.9 Å². The normalized spacial score (nSPS) is 13.0. The molecule has 0 spiro atoms. The van der Waals surface area contributed by atoms with E-state index in [9.17, 15) is 18.3 Å². The van der Waals surface area contributed by atoms with Crippen molar-refractivity contribution in [2.75, 3.05) is 6.61 Å². The summed E-state index contributed by atoms with van der Waals surface area (Å²) >= 11 is 0. The number of aliphatic hydroxyl groups is 1. The van der Waals surface area contributed by atoms with Crippen LogP contribution in [0.1, 0.15) is 23.7 Å². The van der Waals surface area contributed by atoms with Crippen molar-refractivity contribution in [1.29, 1.82) is 0 Å². The first-order valence-electron chi connectivity index (χ1n) is 7.91. The Kier molecular flexibility index (Phi) is 4.95. The lowest BCUT2D eigenvalue weighted by Crippen LogP contribution is -2.09. The van der Waals surface area contributed by atoms with Crippen LogP contribution in [0.5, 0.6) is 5.75 Å². The number of fused-ring (bicyclic) bond motifs is 1. The van der Waals surface area contributed by atoms with E-state index in [4.69, 9.17) is 4.74 Å². The van der Waals surface area contributed by atoms with Gasteiger partial charge in [0, 0.05) is 11.8 Å². The zero-order valence-corrected chi connectivity index (χ0v) is 13.3. The summed E-state index contributed by atoms with van der Waals surface area (Å²) in [5, 5.41) is 12.2. The summed E-state index contributed by atoms with van der Waals surface area (Å²) in [6.07, 6.45) is -5.24. The molecule has 25 heavy (non-hydrogen) atoms. The third kappa shape index (κ3) is 4.12. The largest absolute Gasteiger partial charge is 0.493 e. The van der Waals surface area contributed by atoms with Gasteiger partial charge in [-0.2, -0.15) is 13.2 Å². The Morgan fingerprint density at radius 2 is 1.64 bits per heavy atom. The highest BCUT2D eigenvalue weighted by atomic mass is 19.4. The van der Waals surface area contributed by atoms with Crippen LogP contribution >= 0.6 is 0 Å². The summed E-state index contributed by atoms with van der Waals surface area (Å²) in [6.45, 7) is 0.200. The number of hydrogen-bond acceptors (Lipinski definition) is 2. The SMILES string of the molecule is OC(CCOc1cccc2ccccc12)c1cccc(C(F)(F)F)c1. The molecule has 0 fully saturated rings. The quantitative estimate of drug-likeness (QED) is 0.674. The van der Waals surface area contributed by atoms with Gasteiger partial charge >= 0.3 is 6.18 Å². The number of aliphatic hydroxyl groups excluding tert-OH is 1. The third-order valence-electron chi connectivity index (χ3n) is 4.00. The van der Waals surface area contributed by atoms with Crippen LogP contribution in [0.3, 0.4) is 0 Å². The highest BCUT2D eigenvalue weighted by Crippen LogP contribution is 2.31. The Labute approximate surface area is 143 Å². The molecule has 3 aromatic carbocycles. The Bertz CT molecular complexity index is 853. The van der Waals surface area contributed by atoms with E-state index >= 15 is 0 Å². The summed E-state index contributed by atoms with van der Waals surface area (Å²) in [5.41, 5.74) is -0.532. The van der Waals surface area contributed by atoms with Crippen molar-refractivity contribution < 1.29 is 23.0 Å². The molecule has 130 valence electrons. The zero-order valence-electron chi connectivity index (χ0n) is 13.3. The summed E-state index contributed by atoms with van der Waals surface area (Å²) in [5.74, 6) is 0.689. The van der Waals surface area contributed by atoms with Gasteiger partial charge < -0.3 is 9.84 Å². The van der Waals surface area contributed by atoms with Crippen molar-refractivity contribution in [3.8, 4) is 5.75 Å². The van der Waals surface area contributed by atoms with Crippen molar-refractivity contribution >= 4 is 10.8 Å². The minimum Gasteiger partial charge on any atom is -0.493 e. The smallest absolute Gasteiger partial charge is 0.416 e. The second kappa shape index (κ2) is 7.15. The first kappa shape index (κ1) is 17.3. The second-order valence-corrected chi connectivity index (χ2v) is 5.75. The molecule has 0 aliphatic rings. The Morgan fingerprint density at radius 1 is 0.920 bits per heavy atom. The van der Waals surface area contributed by atoms with Gasteiger partial charge in [0.05, 0.1) is 18.3 Å². The fourth-order valence-electron chi connectivity index (χ4n) is 2.69. The summed E-state index contributed by atoms with van der Waals surface area (Å²) in [7, 11) is 0. The fourth-order valence-corrected chi connectivity index (χ4v) is 2.69. The van der Waals surface area contributed by atoms with Crippen LogP contribution in [0.15, 0.2) is 66.7 Å². The molecule has 0 saturated carbocycles. The molecular weight excluding hydrogens is 329 g/mol. The van der Waals surface area contributed by atoms with Crippen molar-refractivity contribution in [2.24, 2.45) is 0 Å². The standard InChI is InChI=1S/C20H17F3O2/c21-20(22,23)16-8-3-7-15(13-16)18(24)11-12-25-19-10-4-6-14-5-1-2-9-17(14)19/h1-10,13,18,24H,11-12H2. The van der Waals surface area contributed by atoms with E-state index in [0.717, 1.165) is 22.9 Å². The predicted octanol–water partition coefficient (Wildman–Crippen LogP) is 5.36. The lowest BCUT2D eigenvalue weighted by atomic mass is 10.0. The molecule has 1 unspecified atom stereocenters. The number of benzene rings is 3. The van der Waals surface area contributed by atoms with E-state index < -0.39 is 17.8 Å². The summed E-state index contributed by atoms with van der Waals surface area (Å²) in [6, 6.07) is 18.2. The molecule has 0 radical (unpaired) electrons. The maximum absolute atomic E-state index is 12.7. The zero-order chi connectivity index (χ0) is 17.9.